The summed E-state index contributed by atoms with van der Waals surface area (Å²) in [4.78, 5) is 0. The second-order valence-electron chi connectivity index (χ2n) is 3.44. The van der Waals surface area contributed by atoms with Gasteiger partial charge in [0.15, 0.2) is 0 Å². The van der Waals surface area contributed by atoms with E-state index in [2.05, 4.69) is 0 Å². The Labute approximate surface area is 81.6 Å². The molecule has 0 amide bonds. The maximum atomic E-state index is 10.8. The highest BCUT2D eigenvalue weighted by Crippen LogP contribution is 2.31. The molecular weight excluding hydrogens is 216 g/mol. The lowest BCUT2D eigenvalue weighted by molar-refractivity contribution is 0.0479. The van der Waals surface area contributed by atoms with Gasteiger partial charge >= 0.3 is 0 Å². The molecule has 2 aliphatic heterocycles. The van der Waals surface area contributed by atoms with E-state index in [1.807, 2.05) is 0 Å². The van der Waals surface area contributed by atoms with E-state index < -0.39 is 9.05 Å². The van der Waals surface area contributed by atoms with Gasteiger partial charge in [0.25, 0.3) is 0 Å². The third kappa shape index (κ3) is 2.34. The SMILES string of the molecule is O=S(=O)(Cl)C[C@@H]1C[C@H]2OCC[C@H]2O1. The topological polar surface area (TPSA) is 52.6 Å². The van der Waals surface area contributed by atoms with E-state index in [0.29, 0.717) is 6.42 Å². The maximum absolute atomic E-state index is 10.8. The number of halogens is 1. The fourth-order valence-electron chi connectivity index (χ4n) is 1.90. The van der Waals surface area contributed by atoms with Gasteiger partial charge < -0.3 is 9.47 Å². The Hall–Kier alpha value is 0.160. The molecule has 0 unspecified atom stereocenters. The van der Waals surface area contributed by atoms with Crippen molar-refractivity contribution < 1.29 is 17.9 Å². The number of hydrogen-bond acceptors (Lipinski definition) is 4. The van der Waals surface area contributed by atoms with Gasteiger partial charge in [-0.2, -0.15) is 0 Å². The lowest BCUT2D eigenvalue weighted by atomic mass is 10.1. The Morgan fingerprint density at radius 2 is 2.15 bits per heavy atom. The predicted molar refractivity (Wildman–Crippen MR) is 47.3 cm³/mol. The van der Waals surface area contributed by atoms with Crippen LogP contribution in [0, 0.1) is 0 Å². The summed E-state index contributed by atoms with van der Waals surface area (Å²) < 4.78 is 32.3. The van der Waals surface area contributed by atoms with Crippen LogP contribution in [0.15, 0.2) is 0 Å². The van der Waals surface area contributed by atoms with Crippen molar-refractivity contribution in [2.75, 3.05) is 12.4 Å². The quantitative estimate of drug-likeness (QED) is 0.644. The second-order valence-corrected chi connectivity index (χ2v) is 6.26. The largest absolute Gasteiger partial charge is 0.375 e. The van der Waals surface area contributed by atoms with Gasteiger partial charge in [-0.1, -0.05) is 0 Å². The molecule has 0 aromatic rings. The van der Waals surface area contributed by atoms with Gasteiger partial charge in [-0.3, -0.25) is 0 Å². The summed E-state index contributed by atoms with van der Waals surface area (Å²) >= 11 is 0. The highest BCUT2D eigenvalue weighted by Gasteiger charge is 2.40. The molecule has 3 atom stereocenters. The normalized spacial score (nSPS) is 39.3. The van der Waals surface area contributed by atoms with Crippen molar-refractivity contribution in [2.45, 2.75) is 31.2 Å². The summed E-state index contributed by atoms with van der Waals surface area (Å²) in [6.07, 6.45) is 1.41. The molecular formula is C7H11ClO4S. The van der Waals surface area contributed by atoms with E-state index in [9.17, 15) is 8.42 Å². The van der Waals surface area contributed by atoms with Crippen molar-refractivity contribution in [3.63, 3.8) is 0 Å². The molecule has 0 N–H and O–H groups in total. The number of ether oxygens (including phenoxy) is 2. The van der Waals surface area contributed by atoms with Crippen LogP contribution in [-0.4, -0.2) is 39.1 Å². The predicted octanol–water partition coefficient (Wildman–Crippen LogP) is 0.501. The van der Waals surface area contributed by atoms with Gasteiger partial charge in [-0.15, -0.1) is 0 Å². The highest BCUT2D eigenvalue weighted by atomic mass is 35.7. The minimum atomic E-state index is -3.45. The molecule has 2 heterocycles. The molecule has 0 aromatic carbocycles. The van der Waals surface area contributed by atoms with Crippen molar-refractivity contribution in [1.29, 1.82) is 0 Å². The molecule has 76 valence electrons. The zero-order valence-electron chi connectivity index (χ0n) is 6.98. The minimum absolute atomic E-state index is 0.0865. The average molecular weight is 227 g/mol. The molecule has 13 heavy (non-hydrogen) atoms. The number of fused-ring (bicyclic) bond motifs is 1. The first-order valence-electron chi connectivity index (χ1n) is 4.24. The Bertz CT molecular complexity index is 277. The van der Waals surface area contributed by atoms with Gasteiger partial charge in [0.1, 0.15) is 0 Å². The van der Waals surface area contributed by atoms with Crippen LogP contribution >= 0.6 is 10.7 Å². The van der Waals surface area contributed by atoms with Gasteiger partial charge in [0.2, 0.25) is 9.05 Å². The monoisotopic (exact) mass is 226 g/mol. The lowest BCUT2D eigenvalue weighted by Crippen LogP contribution is -2.18. The molecule has 0 aromatic heterocycles. The standard InChI is InChI=1S/C7H11ClO4S/c8-13(9,10)4-5-3-7-6(12-5)1-2-11-7/h5-7H,1-4H2/t5-,6+,7+/m0/s1. The summed E-state index contributed by atoms with van der Waals surface area (Å²) in [7, 11) is 1.67. The van der Waals surface area contributed by atoms with Crippen molar-refractivity contribution in [1.82, 2.24) is 0 Å². The van der Waals surface area contributed by atoms with Crippen LogP contribution in [0.2, 0.25) is 0 Å². The molecule has 2 fully saturated rings. The van der Waals surface area contributed by atoms with E-state index in [1.54, 1.807) is 0 Å². The summed E-state index contributed by atoms with van der Waals surface area (Å²) in [5.74, 6) is -0.106. The third-order valence-electron chi connectivity index (χ3n) is 2.40. The van der Waals surface area contributed by atoms with Crippen LogP contribution in [-0.2, 0) is 18.5 Å². The fraction of sp³-hybridized carbons (Fsp3) is 1.00. The van der Waals surface area contributed by atoms with Crippen LogP contribution in [0.4, 0.5) is 0 Å². The second kappa shape index (κ2) is 3.38. The van der Waals surface area contributed by atoms with Gasteiger partial charge in [0, 0.05) is 23.7 Å². The Kier molecular flexibility index (Phi) is 2.53. The molecule has 0 saturated carbocycles. The Morgan fingerprint density at radius 3 is 2.77 bits per heavy atom. The summed E-state index contributed by atoms with van der Waals surface area (Å²) in [6.45, 7) is 0.718. The lowest BCUT2D eigenvalue weighted by Gasteiger charge is -2.08. The molecule has 0 spiro atoms. The first kappa shape index (κ1) is 9.71. The van der Waals surface area contributed by atoms with Crippen molar-refractivity contribution in [2.24, 2.45) is 0 Å². The van der Waals surface area contributed by atoms with Crippen LogP contribution in [0.25, 0.3) is 0 Å². The highest BCUT2D eigenvalue weighted by molar-refractivity contribution is 8.13. The molecule has 2 saturated heterocycles. The third-order valence-corrected chi connectivity index (χ3v) is 3.54. The molecule has 2 aliphatic rings. The van der Waals surface area contributed by atoms with Crippen LogP contribution in [0.1, 0.15) is 12.8 Å². The number of rotatable bonds is 2. The van der Waals surface area contributed by atoms with Gasteiger partial charge in [-0.05, 0) is 6.42 Å². The van der Waals surface area contributed by atoms with Crippen LogP contribution < -0.4 is 0 Å². The van der Waals surface area contributed by atoms with Crippen molar-refractivity contribution >= 4 is 19.7 Å². The zero-order chi connectivity index (χ0) is 9.47. The number of hydrogen-bond donors (Lipinski definition) is 0. The minimum Gasteiger partial charge on any atom is -0.375 e. The first-order chi connectivity index (χ1) is 6.04. The molecule has 0 aliphatic carbocycles. The van der Waals surface area contributed by atoms with E-state index in [1.165, 1.54) is 0 Å². The van der Waals surface area contributed by atoms with E-state index in [4.69, 9.17) is 20.2 Å². The average Bonchev–Trinajstić information content (AvgIpc) is 2.40. The maximum Gasteiger partial charge on any atom is 0.235 e. The van der Waals surface area contributed by atoms with E-state index >= 15 is 0 Å². The molecule has 2 rings (SSSR count). The summed E-state index contributed by atoms with van der Waals surface area (Å²) in [5, 5.41) is 0. The van der Waals surface area contributed by atoms with Crippen molar-refractivity contribution in [3.05, 3.63) is 0 Å². The smallest absolute Gasteiger partial charge is 0.235 e. The fourth-order valence-corrected chi connectivity index (χ4v) is 2.98. The van der Waals surface area contributed by atoms with Crippen LogP contribution in [0.5, 0.6) is 0 Å². The molecule has 4 nitrogen and oxygen atoms in total. The summed E-state index contributed by atoms with van der Waals surface area (Å²) in [6, 6.07) is 0. The molecule has 0 bridgehead atoms. The zero-order valence-corrected chi connectivity index (χ0v) is 8.55. The van der Waals surface area contributed by atoms with Crippen molar-refractivity contribution in [3.8, 4) is 0 Å². The van der Waals surface area contributed by atoms with Gasteiger partial charge in [-0.25, -0.2) is 8.42 Å². The Balaban J connectivity index is 1.92. The van der Waals surface area contributed by atoms with Gasteiger partial charge in [0.05, 0.1) is 24.1 Å². The Morgan fingerprint density at radius 1 is 1.38 bits per heavy atom. The first-order valence-corrected chi connectivity index (χ1v) is 6.72. The van der Waals surface area contributed by atoms with E-state index in [-0.39, 0.29) is 24.1 Å². The summed E-state index contributed by atoms with van der Waals surface area (Å²) in [5.41, 5.74) is 0. The molecule has 6 heteroatoms. The van der Waals surface area contributed by atoms with Crippen LogP contribution in [0.3, 0.4) is 0 Å². The molecule has 0 radical (unpaired) electrons. The van der Waals surface area contributed by atoms with E-state index in [0.717, 1.165) is 13.0 Å².